The van der Waals surface area contributed by atoms with Gasteiger partial charge in [0, 0.05) is 10.7 Å². The molecule has 8 heteroatoms. The maximum absolute atomic E-state index is 11.8. The van der Waals surface area contributed by atoms with Crippen LogP contribution in [0.25, 0.3) is 0 Å². The molecule has 5 nitrogen and oxygen atoms in total. The highest BCUT2D eigenvalue weighted by Gasteiger charge is 2.14. The molecular weight excluding hydrogens is 407 g/mol. The normalized spacial score (nSPS) is 10.3. The molecule has 0 aliphatic heterocycles. The van der Waals surface area contributed by atoms with Crippen molar-refractivity contribution in [3.63, 3.8) is 0 Å². The Morgan fingerprint density at radius 2 is 1.91 bits per heavy atom. The van der Waals surface area contributed by atoms with E-state index in [2.05, 4.69) is 26.2 Å². The molecule has 1 aromatic carbocycles. The van der Waals surface area contributed by atoms with E-state index in [0.717, 1.165) is 4.47 Å². The van der Waals surface area contributed by atoms with E-state index in [1.807, 2.05) is 0 Å². The van der Waals surface area contributed by atoms with E-state index in [1.54, 1.807) is 31.2 Å². The molecule has 0 saturated heterocycles. The number of amides is 1. The zero-order valence-corrected chi connectivity index (χ0v) is 15.0. The first-order chi connectivity index (χ1) is 10.9. The third-order valence-electron chi connectivity index (χ3n) is 2.87. The SMILES string of the molecule is Cc1c(Cl)cnc(NC(=O)COC(=O)c2ccc(Br)cc2)c1Cl. The van der Waals surface area contributed by atoms with E-state index in [4.69, 9.17) is 27.9 Å². The molecule has 2 rings (SSSR count). The first-order valence-electron chi connectivity index (χ1n) is 6.41. The Morgan fingerprint density at radius 3 is 2.57 bits per heavy atom. The van der Waals surface area contributed by atoms with Gasteiger partial charge in [0.15, 0.2) is 12.4 Å². The number of nitrogens with zero attached hydrogens (tertiary/aromatic N) is 1. The van der Waals surface area contributed by atoms with Crippen LogP contribution >= 0.6 is 39.1 Å². The second-order valence-electron chi connectivity index (χ2n) is 4.52. The number of nitrogens with one attached hydrogen (secondary N) is 1. The predicted molar refractivity (Wildman–Crippen MR) is 92.0 cm³/mol. The molecule has 0 spiro atoms. The van der Waals surface area contributed by atoms with E-state index in [0.29, 0.717) is 16.1 Å². The number of benzene rings is 1. The van der Waals surface area contributed by atoms with Gasteiger partial charge in [0.1, 0.15) is 0 Å². The van der Waals surface area contributed by atoms with Gasteiger partial charge in [-0.25, -0.2) is 9.78 Å². The molecular formula is C15H11BrCl2N2O3. The van der Waals surface area contributed by atoms with Crippen LogP contribution < -0.4 is 5.32 Å². The summed E-state index contributed by atoms with van der Waals surface area (Å²) in [6.07, 6.45) is 1.38. The van der Waals surface area contributed by atoms with Crippen molar-refractivity contribution in [1.29, 1.82) is 0 Å². The number of carbonyl (C=O) groups is 2. The van der Waals surface area contributed by atoms with E-state index < -0.39 is 18.5 Å². The van der Waals surface area contributed by atoms with Crippen molar-refractivity contribution in [1.82, 2.24) is 4.98 Å². The molecule has 1 amide bonds. The number of carbonyl (C=O) groups excluding carboxylic acids is 2. The number of esters is 1. The maximum Gasteiger partial charge on any atom is 0.338 e. The molecule has 2 aromatic rings. The van der Waals surface area contributed by atoms with Gasteiger partial charge in [-0.05, 0) is 36.8 Å². The van der Waals surface area contributed by atoms with Gasteiger partial charge in [-0.15, -0.1) is 0 Å². The largest absolute Gasteiger partial charge is 0.452 e. The van der Waals surface area contributed by atoms with Crippen molar-refractivity contribution >= 4 is 56.8 Å². The first-order valence-corrected chi connectivity index (χ1v) is 7.96. The van der Waals surface area contributed by atoms with Crippen LogP contribution in [0.5, 0.6) is 0 Å². The van der Waals surface area contributed by atoms with Crippen molar-refractivity contribution in [3.8, 4) is 0 Å². The third-order valence-corrected chi connectivity index (χ3v) is 4.25. The van der Waals surface area contributed by atoms with Crippen LogP contribution in [0.15, 0.2) is 34.9 Å². The molecule has 0 saturated carbocycles. The number of pyridine rings is 1. The van der Waals surface area contributed by atoms with Crippen molar-refractivity contribution in [2.75, 3.05) is 11.9 Å². The number of anilines is 1. The summed E-state index contributed by atoms with van der Waals surface area (Å²) in [5.41, 5.74) is 0.949. The van der Waals surface area contributed by atoms with Crippen molar-refractivity contribution in [2.24, 2.45) is 0 Å². The average Bonchev–Trinajstić information content (AvgIpc) is 2.54. The molecule has 0 aliphatic rings. The minimum atomic E-state index is -0.598. The highest BCUT2D eigenvalue weighted by atomic mass is 79.9. The molecule has 0 unspecified atom stereocenters. The molecule has 0 atom stereocenters. The lowest BCUT2D eigenvalue weighted by molar-refractivity contribution is -0.119. The summed E-state index contributed by atoms with van der Waals surface area (Å²) in [4.78, 5) is 27.6. The van der Waals surface area contributed by atoms with Crippen LogP contribution in [-0.4, -0.2) is 23.5 Å². The molecule has 1 heterocycles. The van der Waals surface area contributed by atoms with Gasteiger partial charge < -0.3 is 10.1 Å². The summed E-state index contributed by atoms with van der Waals surface area (Å²) in [6.45, 7) is 1.25. The van der Waals surface area contributed by atoms with E-state index in [-0.39, 0.29) is 10.8 Å². The van der Waals surface area contributed by atoms with Gasteiger partial charge in [0.05, 0.1) is 15.6 Å². The van der Waals surface area contributed by atoms with Gasteiger partial charge in [0.25, 0.3) is 5.91 Å². The lowest BCUT2D eigenvalue weighted by atomic mass is 10.2. The number of hydrogen-bond donors (Lipinski definition) is 1. The third kappa shape index (κ3) is 4.67. The Morgan fingerprint density at radius 1 is 1.26 bits per heavy atom. The van der Waals surface area contributed by atoms with Crippen molar-refractivity contribution in [3.05, 3.63) is 56.1 Å². The number of ether oxygens (including phenoxy) is 1. The molecule has 1 N–H and O–H groups in total. The van der Waals surface area contributed by atoms with Gasteiger partial charge in [-0.2, -0.15) is 0 Å². The summed E-state index contributed by atoms with van der Waals surface area (Å²) in [6, 6.07) is 6.59. The fourth-order valence-corrected chi connectivity index (χ4v) is 2.27. The summed E-state index contributed by atoms with van der Waals surface area (Å²) in [7, 11) is 0. The maximum atomic E-state index is 11.8. The highest BCUT2D eigenvalue weighted by Crippen LogP contribution is 2.28. The second kappa shape index (κ2) is 7.77. The highest BCUT2D eigenvalue weighted by molar-refractivity contribution is 9.10. The summed E-state index contributed by atoms with van der Waals surface area (Å²) < 4.78 is 5.77. The zero-order valence-electron chi connectivity index (χ0n) is 11.9. The molecule has 0 fully saturated rings. The zero-order chi connectivity index (χ0) is 17.0. The fourth-order valence-electron chi connectivity index (χ4n) is 1.61. The molecule has 0 aliphatic carbocycles. The van der Waals surface area contributed by atoms with Gasteiger partial charge in [0.2, 0.25) is 0 Å². The van der Waals surface area contributed by atoms with Gasteiger partial charge in [-0.3, -0.25) is 4.79 Å². The van der Waals surface area contributed by atoms with Crippen LogP contribution in [0.3, 0.4) is 0 Å². The van der Waals surface area contributed by atoms with Crippen LogP contribution in [0.4, 0.5) is 5.82 Å². The fraction of sp³-hybridized carbons (Fsp3) is 0.133. The summed E-state index contributed by atoms with van der Waals surface area (Å²) >= 11 is 15.2. The van der Waals surface area contributed by atoms with E-state index >= 15 is 0 Å². The van der Waals surface area contributed by atoms with Crippen molar-refractivity contribution in [2.45, 2.75) is 6.92 Å². The van der Waals surface area contributed by atoms with Crippen molar-refractivity contribution < 1.29 is 14.3 Å². The van der Waals surface area contributed by atoms with Crippen LogP contribution in [0, 0.1) is 6.92 Å². The van der Waals surface area contributed by atoms with E-state index in [1.165, 1.54) is 6.20 Å². The van der Waals surface area contributed by atoms with Crippen LogP contribution in [0.2, 0.25) is 10.0 Å². The Balaban J connectivity index is 1.94. The smallest absolute Gasteiger partial charge is 0.338 e. The Kier molecular flexibility index (Phi) is 5.98. The molecule has 0 bridgehead atoms. The standard InChI is InChI=1S/C15H11BrCl2N2O3/c1-8-11(17)6-19-14(13(8)18)20-12(21)7-23-15(22)9-2-4-10(16)5-3-9/h2-6H,7H2,1H3,(H,19,20,21). The molecule has 23 heavy (non-hydrogen) atoms. The lowest BCUT2D eigenvalue weighted by Gasteiger charge is -2.09. The Hall–Kier alpha value is -1.63. The lowest BCUT2D eigenvalue weighted by Crippen LogP contribution is -2.21. The number of rotatable bonds is 4. The average molecular weight is 418 g/mol. The first kappa shape index (κ1) is 17.7. The number of hydrogen-bond acceptors (Lipinski definition) is 4. The summed E-state index contributed by atoms with van der Waals surface area (Å²) in [5, 5.41) is 3.11. The topological polar surface area (TPSA) is 68.3 Å². The number of aromatic nitrogens is 1. The second-order valence-corrected chi connectivity index (χ2v) is 6.23. The van der Waals surface area contributed by atoms with Crippen LogP contribution in [0.1, 0.15) is 15.9 Å². The van der Waals surface area contributed by atoms with E-state index in [9.17, 15) is 9.59 Å². The Bertz CT molecular complexity index is 751. The Labute approximate surface area is 151 Å². The monoisotopic (exact) mass is 416 g/mol. The van der Waals surface area contributed by atoms with Crippen LogP contribution in [-0.2, 0) is 9.53 Å². The molecule has 0 radical (unpaired) electrons. The number of halogens is 3. The molecule has 1 aromatic heterocycles. The minimum Gasteiger partial charge on any atom is -0.452 e. The van der Waals surface area contributed by atoms with Gasteiger partial charge >= 0.3 is 5.97 Å². The predicted octanol–water partition coefficient (Wildman–Crippen LogP) is 4.25. The van der Waals surface area contributed by atoms with Gasteiger partial charge in [-0.1, -0.05) is 39.1 Å². The molecule has 120 valence electrons. The quantitative estimate of drug-likeness (QED) is 0.754. The summed E-state index contributed by atoms with van der Waals surface area (Å²) in [5.74, 6) is -0.983. The minimum absolute atomic E-state index is 0.165.